The van der Waals surface area contributed by atoms with Gasteiger partial charge in [-0.1, -0.05) is 24.3 Å². The first-order chi connectivity index (χ1) is 5.38. The summed E-state index contributed by atoms with van der Waals surface area (Å²) in [6, 6.07) is 9.78. The molecule has 62 valence electrons. The Bertz CT molecular complexity index is 389. The Hall–Kier alpha value is -0.190. The van der Waals surface area contributed by atoms with Crippen LogP contribution in [0.4, 0.5) is 0 Å². The third kappa shape index (κ3) is 2.62. The van der Waals surface area contributed by atoms with Gasteiger partial charge in [-0.05, 0) is 11.5 Å². The molecule has 4 heteroatoms. The fourth-order valence-electron chi connectivity index (χ4n) is 1.08. The molecule has 1 heterocycles. The van der Waals surface area contributed by atoms with Gasteiger partial charge in [-0.3, -0.25) is 4.98 Å². The molecule has 2 nitrogen and oxygen atoms in total. The Labute approximate surface area is 104 Å². The SMILES string of the molecule is O.[Na+].[S-]c1cccc2cccnc12. The molecule has 0 bridgehead atoms. The van der Waals surface area contributed by atoms with Crippen LogP contribution in [0.2, 0.25) is 0 Å². The third-order valence-electron chi connectivity index (χ3n) is 1.60. The standard InChI is InChI=1S/C9H7NS.Na.H2O/c11-8-5-1-3-7-4-2-6-10-9(7)8;;/h1-6,11H;;1H2/q;+1;/p-1. The van der Waals surface area contributed by atoms with Crippen LogP contribution >= 0.6 is 0 Å². The van der Waals surface area contributed by atoms with Crippen LogP contribution in [0.5, 0.6) is 0 Å². The number of pyridine rings is 1. The maximum Gasteiger partial charge on any atom is 1.00 e. The predicted octanol–water partition coefficient (Wildman–Crippen LogP) is -1.68. The fourth-order valence-corrected chi connectivity index (χ4v) is 1.33. The van der Waals surface area contributed by atoms with Crippen molar-refractivity contribution in [1.29, 1.82) is 0 Å². The van der Waals surface area contributed by atoms with Gasteiger partial charge in [0.2, 0.25) is 0 Å². The van der Waals surface area contributed by atoms with E-state index in [0.29, 0.717) is 0 Å². The first-order valence-corrected chi connectivity index (χ1v) is 3.79. The molecule has 0 saturated carbocycles. The van der Waals surface area contributed by atoms with Crippen molar-refractivity contribution >= 4 is 23.5 Å². The molecule has 0 aliphatic carbocycles. The number of fused-ring (bicyclic) bond motifs is 1. The minimum Gasteiger partial charge on any atom is -0.778 e. The van der Waals surface area contributed by atoms with Gasteiger partial charge in [-0.25, -0.2) is 0 Å². The van der Waals surface area contributed by atoms with Crippen molar-refractivity contribution in [2.45, 2.75) is 4.90 Å². The Balaban J connectivity index is 0.000000720. The molecule has 0 fully saturated rings. The largest absolute Gasteiger partial charge is 1.00 e. The van der Waals surface area contributed by atoms with Crippen molar-refractivity contribution in [1.82, 2.24) is 4.98 Å². The van der Waals surface area contributed by atoms with Crippen LogP contribution in [0.25, 0.3) is 10.9 Å². The zero-order chi connectivity index (χ0) is 7.68. The van der Waals surface area contributed by atoms with E-state index in [9.17, 15) is 0 Å². The second-order valence-corrected chi connectivity index (χ2v) is 2.77. The molecule has 1 aromatic heterocycles. The maximum atomic E-state index is 5.09. The first kappa shape index (κ1) is 12.8. The number of benzene rings is 1. The zero-order valence-corrected chi connectivity index (χ0v) is 10.1. The van der Waals surface area contributed by atoms with Crippen LogP contribution in [0.1, 0.15) is 0 Å². The summed E-state index contributed by atoms with van der Waals surface area (Å²) in [7, 11) is 0. The molecular weight excluding hydrogens is 193 g/mol. The molecule has 0 amide bonds. The molecule has 2 rings (SSSR count). The summed E-state index contributed by atoms with van der Waals surface area (Å²) in [4.78, 5) is 5.00. The Kier molecular flexibility index (Phi) is 5.44. The molecule has 0 spiro atoms. The second-order valence-electron chi connectivity index (χ2n) is 2.33. The Morgan fingerprint density at radius 1 is 1.08 bits per heavy atom. The van der Waals surface area contributed by atoms with Gasteiger partial charge >= 0.3 is 29.6 Å². The van der Waals surface area contributed by atoms with E-state index in [1.807, 2.05) is 30.3 Å². The monoisotopic (exact) mass is 201 g/mol. The average molecular weight is 201 g/mol. The van der Waals surface area contributed by atoms with Gasteiger partial charge in [0, 0.05) is 6.20 Å². The molecule has 0 aliphatic heterocycles. The quantitative estimate of drug-likeness (QED) is 0.377. The van der Waals surface area contributed by atoms with E-state index >= 15 is 0 Å². The number of hydrogen-bond donors (Lipinski definition) is 0. The number of para-hydroxylation sites is 1. The van der Waals surface area contributed by atoms with Gasteiger partial charge in [-0.2, -0.15) is 0 Å². The molecule has 0 radical (unpaired) electrons. The van der Waals surface area contributed by atoms with Crippen molar-refractivity contribution in [3.05, 3.63) is 36.5 Å². The van der Waals surface area contributed by atoms with Crippen molar-refractivity contribution < 1.29 is 35.0 Å². The molecule has 2 aromatic rings. The summed E-state index contributed by atoms with van der Waals surface area (Å²) in [5, 5.41) is 1.11. The average Bonchev–Trinajstić information content (AvgIpc) is 2.06. The topological polar surface area (TPSA) is 44.4 Å². The van der Waals surface area contributed by atoms with Crippen LogP contribution < -0.4 is 29.6 Å². The summed E-state index contributed by atoms with van der Waals surface area (Å²) < 4.78 is 0. The minimum absolute atomic E-state index is 0. The molecule has 0 saturated heterocycles. The second kappa shape index (κ2) is 5.52. The molecule has 1 aromatic carbocycles. The van der Waals surface area contributed by atoms with Gasteiger partial charge in [-0.15, -0.1) is 4.90 Å². The number of hydrogen-bond acceptors (Lipinski definition) is 2. The zero-order valence-electron chi connectivity index (χ0n) is 7.32. The van der Waals surface area contributed by atoms with Crippen LogP contribution in [0.3, 0.4) is 0 Å². The smallest absolute Gasteiger partial charge is 0.778 e. The number of nitrogens with zero attached hydrogens (tertiary/aromatic N) is 1. The van der Waals surface area contributed by atoms with Crippen molar-refractivity contribution in [3.63, 3.8) is 0 Å². The van der Waals surface area contributed by atoms with Crippen LogP contribution in [0.15, 0.2) is 41.4 Å². The van der Waals surface area contributed by atoms with Crippen molar-refractivity contribution in [2.75, 3.05) is 0 Å². The van der Waals surface area contributed by atoms with Gasteiger partial charge in [0.25, 0.3) is 0 Å². The van der Waals surface area contributed by atoms with E-state index in [4.69, 9.17) is 12.6 Å². The molecule has 2 N–H and O–H groups in total. The van der Waals surface area contributed by atoms with E-state index in [-0.39, 0.29) is 35.0 Å². The summed E-state index contributed by atoms with van der Waals surface area (Å²) >= 11 is 5.09. The fraction of sp³-hybridized carbons (Fsp3) is 0. The molecule has 0 aliphatic rings. The van der Waals surface area contributed by atoms with Gasteiger partial charge in [0.1, 0.15) is 0 Å². The van der Waals surface area contributed by atoms with Crippen LogP contribution in [0, 0.1) is 0 Å². The maximum absolute atomic E-state index is 5.09. The molecule has 0 unspecified atom stereocenters. The summed E-state index contributed by atoms with van der Waals surface area (Å²) in [6.07, 6.45) is 1.76. The van der Waals surface area contributed by atoms with Crippen LogP contribution in [-0.2, 0) is 12.6 Å². The van der Waals surface area contributed by atoms with Crippen molar-refractivity contribution in [2.24, 2.45) is 0 Å². The first-order valence-electron chi connectivity index (χ1n) is 3.39. The Morgan fingerprint density at radius 2 is 1.77 bits per heavy atom. The van der Waals surface area contributed by atoms with Crippen LogP contribution in [-0.4, -0.2) is 10.5 Å². The van der Waals surface area contributed by atoms with Gasteiger partial charge < -0.3 is 18.1 Å². The number of rotatable bonds is 0. The molecular formula is C9H8NNaOS. The normalized spacial score (nSPS) is 8.62. The van der Waals surface area contributed by atoms with Gasteiger partial charge in [0.15, 0.2) is 0 Å². The van der Waals surface area contributed by atoms with E-state index < -0.39 is 0 Å². The van der Waals surface area contributed by atoms with E-state index in [2.05, 4.69) is 4.98 Å². The minimum atomic E-state index is 0. The number of aromatic nitrogens is 1. The van der Waals surface area contributed by atoms with E-state index in [1.54, 1.807) is 6.20 Å². The van der Waals surface area contributed by atoms with Gasteiger partial charge in [0.05, 0.1) is 5.52 Å². The molecule has 13 heavy (non-hydrogen) atoms. The predicted molar refractivity (Wildman–Crippen MR) is 51.0 cm³/mol. The third-order valence-corrected chi connectivity index (χ3v) is 1.93. The molecule has 0 atom stereocenters. The van der Waals surface area contributed by atoms with E-state index in [1.165, 1.54) is 0 Å². The van der Waals surface area contributed by atoms with Crippen molar-refractivity contribution in [3.8, 4) is 0 Å². The summed E-state index contributed by atoms with van der Waals surface area (Å²) in [5.74, 6) is 0. The summed E-state index contributed by atoms with van der Waals surface area (Å²) in [5.41, 5.74) is 0.921. The summed E-state index contributed by atoms with van der Waals surface area (Å²) in [6.45, 7) is 0. The van der Waals surface area contributed by atoms with E-state index in [0.717, 1.165) is 15.8 Å². The Morgan fingerprint density at radius 3 is 2.46 bits per heavy atom.